The van der Waals surface area contributed by atoms with Gasteiger partial charge in [-0.15, -0.1) is 0 Å². The van der Waals surface area contributed by atoms with Crippen molar-refractivity contribution >= 4 is 17.9 Å². The van der Waals surface area contributed by atoms with E-state index >= 15 is 0 Å². The molecule has 1 aliphatic heterocycles. The van der Waals surface area contributed by atoms with Crippen LogP contribution in [0.15, 0.2) is 84.9 Å². The summed E-state index contributed by atoms with van der Waals surface area (Å²) in [5, 5.41) is 2.75. The van der Waals surface area contributed by atoms with E-state index in [2.05, 4.69) is 5.32 Å². The van der Waals surface area contributed by atoms with Crippen LogP contribution in [0.1, 0.15) is 24.0 Å². The number of rotatable bonds is 8. The molecule has 1 fully saturated rings. The highest BCUT2D eigenvalue weighted by Crippen LogP contribution is 2.21. The predicted octanol–water partition coefficient (Wildman–Crippen LogP) is 3.67. The second-order valence-corrected chi connectivity index (χ2v) is 8.62. The van der Waals surface area contributed by atoms with E-state index in [0.29, 0.717) is 19.4 Å². The minimum absolute atomic E-state index is 0.132. The van der Waals surface area contributed by atoms with Gasteiger partial charge >= 0.3 is 6.09 Å². The third-order valence-electron chi connectivity index (χ3n) is 6.16. The summed E-state index contributed by atoms with van der Waals surface area (Å²) in [5.74, 6) is -1.02. The summed E-state index contributed by atoms with van der Waals surface area (Å²) in [7, 11) is 0. The number of primary amides is 1. The Balaban J connectivity index is 1.36. The Morgan fingerprint density at radius 1 is 0.886 bits per heavy atom. The van der Waals surface area contributed by atoms with Crippen LogP contribution in [0.4, 0.5) is 4.79 Å². The highest BCUT2D eigenvalue weighted by atomic mass is 16.6. The quantitative estimate of drug-likeness (QED) is 0.523. The first-order valence-electron chi connectivity index (χ1n) is 11.7. The van der Waals surface area contributed by atoms with Gasteiger partial charge in [0.1, 0.15) is 18.7 Å². The number of nitrogens with zero attached hydrogens (tertiary/aromatic N) is 1. The van der Waals surface area contributed by atoms with Crippen molar-refractivity contribution in [3.63, 3.8) is 0 Å². The lowest BCUT2D eigenvalue weighted by atomic mass is 10.00. The van der Waals surface area contributed by atoms with Gasteiger partial charge in [0.15, 0.2) is 0 Å². The molecule has 0 aromatic heterocycles. The smallest absolute Gasteiger partial charge is 0.410 e. The standard InChI is InChI=1S/C28H29N3O4/c29-26(32)24(18-20-13-15-23(16-14-20)22-10-5-2-6-11-22)30-27(33)25-12-7-17-31(25)28(34)35-19-21-8-3-1-4-9-21/h1-6,8-11,13-16,24-25H,7,12,17-19H2,(H2,29,32)(H,30,33)/t24-,25-/m1/s1. The number of carbonyl (C=O) groups is 3. The summed E-state index contributed by atoms with van der Waals surface area (Å²) < 4.78 is 5.40. The minimum Gasteiger partial charge on any atom is -0.445 e. The summed E-state index contributed by atoms with van der Waals surface area (Å²) in [6.45, 7) is 0.557. The highest BCUT2D eigenvalue weighted by molar-refractivity contribution is 5.91. The summed E-state index contributed by atoms with van der Waals surface area (Å²) in [6.07, 6.45) is 0.907. The van der Waals surface area contributed by atoms with Crippen molar-refractivity contribution < 1.29 is 19.1 Å². The van der Waals surface area contributed by atoms with Crippen molar-refractivity contribution in [3.05, 3.63) is 96.1 Å². The molecule has 1 saturated heterocycles. The normalized spacial score (nSPS) is 15.9. The molecular weight excluding hydrogens is 442 g/mol. The third kappa shape index (κ3) is 6.26. The van der Waals surface area contributed by atoms with Gasteiger partial charge in [-0.25, -0.2) is 4.79 Å². The van der Waals surface area contributed by atoms with Gasteiger partial charge in [-0.2, -0.15) is 0 Å². The van der Waals surface area contributed by atoms with Crippen LogP contribution in [0.2, 0.25) is 0 Å². The Kier molecular flexibility index (Phi) is 7.77. The van der Waals surface area contributed by atoms with Crippen LogP contribution in [0, 0.1) is 0 Å². The number of amides is 3. The van der Waals surface area contributed by atoms with Crippen LogP contribution in [0.25, 0.3) is 11.1 Å². The number of hydrogen-bond donors (Lipinski definition) is 2. The Labute approximate surface area is 204 Å². The molecule has 1 heterocycles. The SMILES string of the molecule is NC(=O)[C@@H](Cc1ccc(-c2ccccc2)cc1)NC(=O)[C@H]1CCCN1C(=O)OCc1ccccc1. The van der Waals surface area contributed by atoms with Crippen molar-refractivity contribution in [1.29, 1.82) is 0 Å². The van der Waals surface area contributed by atoms with Crippen LogP contribution in [-0.2, 0) is 27.4 Å². The maximum absolute atomic E-state index is 13.0. The Hall–Kier alpha value is -4.13. The van der Waals surface area contributed by atoms with E-state index in [4.69, 9.17) is 10.5 Å². The van der Waals surface area contributed by atoms with E-state index in [1.54, 1.807) is 0 Å². The van der Waals surface area contributed by atoms with E-state index in [0.717, 1.165) is 22.3 Å². The zero-order chi connectivity index (χ0) is 24.6. The van der Waals surface area contributed by atoms with Gasteiger partial charge in [-0.3, -0.25) is 14.5 Å². The number of benzene rings is 3. The first-order chi connectivity index (χ1) is 17.0. The first-order valence-corrected chi connectivity index (χ1v) is 11.7. The van der Waals surface area contributed by atoms with E-state index in [1.165, 1.54) is 4.90 Å². The van der Waals surface area contributed by atoms with Crippen molar-refractivity contribution in [2.45, 2.75) is 38.0 Å². The summed E-state index contributed by atoms with van der Waals surface area (Å²) >= 11 is 0. The molecule has 2 atom stereocenters. The molecule has 0 bridgehead atoms. The van der Waals surface area contributed by atoms with Crippen LogP contribution >= 0.6 is 0 Å². The maximum Gasteiger partial charge on any atom is 0.410 e. The van der Waals surface area contributed by atoms with Gasteiger partial charge in [-0.1, -0.05) is 84.9 Å². The fourth-order valence-electron chi connectivity index (χ4n) is 4.25. The van der Waals surface area contributed by atoms with Crippen molar-refractivity contribution in [3.8, 4) is 11.1 Å². The molecule has 0 aliphatic carbocycles. The first kappa shape index (κ1) is 24.0. The molecule has 35 heavy (non-hydrogen) atoms. The molecule has 3 aromatic rings. The Morgan fingerprint density at radius 3 is 2.17 bits per heavy atom. The van der Waals surface area contributed by atoms with E-state index < -0.39 is 30.0 Å². The van der Waals surface area contributed by atoms with Gasteiger partial charge in [-0.05, 0) is 35.1 Å². The highest BCUT2D eigenvalue weighted by Gasteiger charge is 2.36. The molecule has 4 rings (SSSR count). The molecule has 0 radical (unpaired) electrons. The Bertz CT molecular complexity index is 1150. The van der Waals surface area contributed by atoms with E-state index in [-0.39, 0.29) is 13.0 Å². The molecule has 7 nitrogen and oxygen atoms in total. The van der Waals surface area contributed by atoms with Crippen LogP contribution in [-0.4, -0.2) is 41.4 Å². The summed E-state index contributed by atoms with van der Waals surface area (Å²) in [6, 6.07) is 25.6. The fourth-order valence-corrected chi connectivity index (χ4v) is 4.25. The lowest BCUT2D eigenvalue weighted by molar-refractivity contribution is -0.130. The molecule has 3 N–H and O–H groups in total. The van der Waals surface area contributed by atoms with E-state index in [9.17, 15) is 14.4 Å². The van der Waals surface area contributed by atoms with Crippen LogP contribution in [0.5, 0.6) is 0 Å². The topological polar surface area (TPSA) is 102 Å². The Morgan fingerprint density at radius 2 is 1.51 bits per heavy atom. The average molecular weight is 472 g/mol. The maximum atomic E-state index is 13.0. The second-order valence-electron chi connectivity index (χ2n) is 8.62. The molecule has 180 valence electrons. The van der Waals surface area contributed by atoms with E-state index in [1.807, 2.05) is 84.9 Å². The second kappa shape index (κ2) is 11.3. The molecule has 7 heteroatoms. The number of nitrogens with one attached hydrogen (secondary N) is 1. The van der Waals surface area contributed by atoms with Gasteiger partial charge in [0.05, 0.1) is 0 Å². The number of carbonyl (C=O) groups excluding carboxylic acids is 3. The van der Waals surface area contributed by atoms with Crippen LogP contribution < -0.4 is 11.1 Å². The lowest BCUT2D eigenvalue weighted by Crippen LogP contribution is -2.53. The molecule has 0 spiro atoms. The van der Waals surface area contributed by atoms with Crippen LogP contribution in [0.3, 0.4) is 0 Å². The zero-order valence-electron chi connectivity index (χ0n) is 19.4. The van der Waals surface area contributed by atoms with Gasteiger partial charge in [0.2, 0.25) is 11.8 Å². The molecule has 0 unspecified atom stereocenters. The molecule has 0 saturated carbocycles. The average Bonchev–Trinajstić information content (AvgIpc) is 3.39. The monoisotopic (exact) mass is 471 g/mol. The fraction of sp³-hybridized carbons (Fsp3) is 0.250. The number of nitrogens with two attached hydrogens (primary N) is 1. The third-order valence-corrected chi connectivity index (χ3v) is 6.16. The number of hydrogen-bond acceptors (Lipinski definition) is 4. The number of ether oxygens (including phenoxy) is 1. The lowest BCUT2D eigenvalue weighted by Gasteiger charge is -2.25. The van der Waals surface area contributed by atoms with Crippen molar-refractivity contribution in [2.75, 3.05) is 6.54 Å². The molecule has 3 amide bonds. The van der Waals surface area contributed by atoms with Gasteiger partial charge < -0.3 is 15.8 Å². The molecule has 3 aromatic carbocycles. The number of likely N-dealkylation sites (tertiary alicyclic amines) is 1. The van der Waals surface area contributed by atoms with Crippen molar-refractivity contribution in [2.24, 2.45) is 5.73 Å². The minimum atomic E-state index is -0.882. The molecule has 1 aliphatic rings. The van der Waals surface area contributed by atoms with Gasteiger partial charge in [0.25, 0.3) is 0 Å². The summed E-state index contributed by atoms with van der Waals surface area (Å²) in [5.41, 5.74) is 9.50. The van der Waals surface area contributed by atoms with Crippen molar-refractivity contribution in [1.82, 2.24) is 10.2 Å². The molecular formula is C28H29N3O4. The van der Waals surface area contributed by atoms with Gasteiger partial charge in [0, 0.05) is 13.0 Å². The predicted molar refractivity (Wildman–Crippen MR) is 133 cm³/mol. The largest absolute Gasteiger partial charge is 0.445 e. The summed E-state index contributed by atoms with van der Waals surface area (Å²) in [4.78, 5) is 39.2. The zero-order valence-corrected chi connectivity index (χ0v) is 19.4.